The van der Waals surface area contributed by atoms with Crippen molar-refractivity contribution in [2.45, 2.75) is 0 Å². The van der Waals surface area contributed by atoms with Gasteiger partial charge in [0.05, 0.1) is 4.88 Å². The lowest BCUT2D eigenvalue weighted by atomic mass is 10.3. The van der Waals surface area contributed by atoms with Crippen molar-refractivity contribution in [1.82, 2.24) is 0 Å². The number of carbonyl (C=O) groups excluding carboxylic acids is 2. The Bertz CT molecular complexity index is 553. The Labute approximate surface area is 118 Å². The van der Waals surface area contributed by atoms with Crippen LogP contribution >= 0.6 is 11.3 Å². The van der Waals surface area contributed by atoms with Crippen LogP contribution in [0.1, 0.15) is 9.67 Å². The summed E-state index contributed by atoms with van der Waals surface area (Å²) in [4.78, 5) is 30.4. The third-order valence-corrected chi connectivity index (χ3v) is 2.91. The maximum atomic E-state index is 10.9. The van der Waals surface area contributed by atoms with Crippen LogP contribution in [0, 0.1) is 10.1 Å². The van der Waals surface area contributed by atoms with Crippen molar-refractivity contribution in [2.24, 2.45) is 0 Å². The smallest absolute Gasteiger partial charge is 0.298 e. The molecule has 1 heterocycles. The van der Waals surface area contributed by atoms with Gasteiger partial charge in [-0.3, -0.25) is 19.7 Å². The SMILES string of the molecule is O=C(C[N+](=O)[O-])c1cccs1.O=COc1ccccc1. The monoisotopic (exact) mass is 293 g/mol. The third kappa shape index (κ3) is 5.87. The molecule has 20 heavy (non-hydrogen) atoms. The van der Waals surface area contributed by atoms with Crippen LogP contribution in [-0.2, 0) is 4.79 Å². The van der Waals surface area contributed by atoms with Crippen LogP contribution in [0.3, 0.4) is 0 Å². The van der Waals surface area contributed by atoms with Gasteiger partial charge in [-0.15, -0.1) is 11.3 Å². The minimum absolute atomic E-state index is 0.412. The zero-order chi connectivity index (χ0) is 14.8. The van der Waals surface area contributed by atoms with E-state index in [2.05, 4.69) is 4.74 Å². The Balaban J connectivity index is 0.000000204. The van der Waals surface area contributed by atoms with Gasteiger partial charge in [-0.1, -0.05) is 24.3 Å². The van der Waals surface area contributed by atoms with E-state index in [4.69, 9.17) is 0 Å². The molecule has 7 heteroatoms. The summed E-state index contributed by atoms with van der Waals surface area (Å²) in [6.45, 7) is -0.199. The molecule has 0 saturated heterocycles. The van der Waals surface area contributed by atoms with Gasteiger partial charge < -0.3 is 4.74 Å². The van der Waals surface area contributed by atoms with Gasteiger partial charge in [0.1, 0.15) is 5.75 Å². The molecule has 0 unspecified atom stereocenters. The summed E-state index contributed by atoms with van der Waals surface area (Å²) in [5, 5.41) is 11.6. The Hall–Kier alpha value is -2.54. The van der Waals surface area contributed by atoms with E-state index in [0.717, 1.165) is 0 Å². The first-order chi connectivity index (χ1) is 9.63. The number of para-hydroxylation sites is 1. The van der Waals surface area contributed by atoms with E-state index >= 15 is 0 Å². The van der Waals surface area contributed by atoms with Crippen molar-refractivity contribution >= 4 is 23.6 Å². The van der Waals surface area contributed by atoms with Gasteiger partial charge in [-0.2, -0.15) is 0 Å². The van der Waals surface area contributed by atoms with Gasteiger partial charge in [0.2, 0.25) is 5.78 Å². The maximum Gasteiger partial charge on any atom is 0.298 e. The number of Topliss-reactive ketones (excluding diaryl/α,β-unsaturated/α-hetero) is 1. The summed E-state index contributed by atoms with van der Waals surface area (Å²) >= 11 is 1.22. The molecule has 0 saturated carbocycles. The van der Waals surface area contributed by atoms with Crippen molar-refractivity contribution in [3.63, 3.8) is 0 Å². The van der Waals surface area contributed by atoms with Crippen LogP contribution in [0.2, 0.25) is 0 Å². The number of carbonyl (C=O) groups is 2. The molecule has 0 aliphatic heterocycles. The Morgan fingerprint density at radius 1 is 1.25 bits per heavy atom. The van der Waals surface area contributed by atoms with Gasteiger partial charge in [-0.25, -0.2) is 0 Å². The third-order valence-electron chi connectivity index (χ3n) is 2.00. The predicted octanol–water partition coefficient (Wildman–Crippen LogP) is 2.43. The molecule has 1 aromatic carbocycles. The Morgan fingerprint density at radius 2 is 1.95 bits per heavy atom. The second-order valence-electron chi connectivity index (χ2n) is 3.42. The van der Waals surface area contributed by atoms with E-state index < -0.39 is 17.3 Å². The topological polar surface area (TPSA) is 86.5 Å². The highest BCUT2D eigenvalue weighted by molar-refractivity contribution is 7.12. The Kier molecular flexibility index (Phi) is 6.63. The summed E-state index contributed by atoms with van der Waals surface area (Å²) in [6.07, 6.45) is 0. The molecule has 0 spiro atoms. The highest BCUT2D eigenvalue weighted by Crippen LogP contribution is 2.08. The fourth-order valence-corrected chi connectivity index (χ4v) is 1.84. The Morgan fingerprint density at radius 3 is 2.45 bits per heavy atom. The van der Waals surface area contributed by atoms with E-state index in [9.17, 15) is 19.7 Å². The molecule has 0 bridgehead atoms. The van der Waals surface area contributed by atoms with Crippen LogP contribution in [0.5, 0.6) is 5.75 Å². The molecule has 104 valence electrons. The number of nitrogens with zero attached hydrogens (tertiary/aromatic N) is 1. The first-order valence-corrected chi connectivity index (χ1v) is 6.35. The molecule has 0 aliphatic rings. The second-order valence-corrected chi connectivity index (χ2v) is 4.37. The van der Waals surface area contributed by atoms with E-state index in [1.807, 2.05) is 6.07 Å². The van der Waals surface area contributed by atoms with E-state index in [1.165, 1.54) is 11.3 Å². The van der Waals surface area contributed by atoms with Crippen molar-refractivity contribution in [2.75, 3.05) is 6.54 Å². The highest BCUT2D eigenvalue weighted by atomic mass is 32.1. The van der Waals surface area contributed by atoms with Crippen molar-refractivity contribution in [3.8, 4) is 5.75 Å². The largest absolute Gasteiger partial charge is 0.429 e. The lowest BCUT2D eigenvalue weighted by molar-refractivity contribution is -0.465. The first kappa shape index (κ1) is 15.5. The van der Waals surface area contributed by atoms with Gasteiger partial charge in [0.15, 0.2) is 0 Å². The first-order valence-electron chi connectivity index (χ1n) is 5.47. The van der Waals surface area contributed by atoms with Crippen molar-refractivity contribution in [3.05, 3.63) is 62.8 Å². The predicted molar refractivity (Wildman–Crippen MR) is 73.6 cm³/mol. The quantitative estimate of drug-likeness (QED) is 0.366. The number of nitro groups is 1. The van der Waals surface area contributed by atoms with Gasteiger partial charge in [0, 0.05) is 4.92 Å². The fourth-order valence-electron chi connectivity index (χ4n) is 1.19. The van der Waals surface area contributed by atoms with Crippen molar-refractivity contribution in [1.29, 1.82) is 0 Å². The average Bonchev–Trinajstić information content (AvgIpc) is 2.94. The molecule has 2 aromatic rings. The van der Waals surface area contributed by atoms with E-state index in [1.54, 1.807) is 41.8 Å². The normalized spacial score (nSPS) is 9.00. The molecule has 0 fully saturated rings. The number of thiophene rings is 1. The molecule has 2 rings (SSSR count). The number of ketones is 1. The molecule has 6 nitrogen and oxygen atoms in total. The summed E-state index contributed by atoms with van der Waals surface area (Å²) in [5.74, 6) is 0.150. The van der Waals surface area contributed by atoms with E-state index in [0.29, 0.717) is 17.1 Å². The lowest BCUT2D eigenvalue weighted by Gasteiger charge is -1.92. The number of ether oxygens (including phenoxy) is 1. The zero-order valence-electron chi connectivity index (χ0n) is 10.3. The summed E-state index contributed by atoms with van der Waals surface area (Å²) in [6, 6.07) is 12.2. The number of benzene rings is 1. The van der Waals surface area contributed by atoms with Crippen LogP contribution in [0.25, 0.3) is 0 Å². The molecular weight excluding hydrogens is 282 g/mol. The molecule has 0 N–H and O–H groups in total. The summed E-state index contributed by atoms with van der Waals surface area (Å²) in [7, 11) is 0. The van der Waals surface area contributed by atoms with Gasteiger partial charge >= 0.3 is 0 Å². The number of rotatable bonds is 5. The molecule has 0 aliphatic carbocycles. The molecule has 0 amide bonds. The van der Waals surface area contributed by atoms with E-state index in [-0.39, 0.29) is 0 Å². The minimum atomic E-state index is -0.623. The summed E-state index contributed by atoms with van der Waals surface area (Å²) < 4.78 is 4.53. The highest BCUT2D eigenvalue weighted by Gasteiger charge is 2.12. The number of hydrogen-bond acceptors (Lipinski definition) is 6. The number of hydrogen-bond donors (Lipinski definition) is 0. The lowest BCUT2D eigenvalue weighted by Crippen LogP contribution is -2.12. The van der Waals surface area contributed by atoms with Crippen LogP contribution in [-0.4, -0.2) is 23.7 Å². The van der Waals surface area contributed by atoms with Crippen LogP contribution in [0.4, 0.5) is 0 Å². The van der Waals surface area contributed by atoms with Crippen LogP contribution in [0.15, 0.2) is 47.8 Å². The van der Waals surface area contributed by atoms with Gasteiger partial charge in [-0.05, 0) is 23.6 Å². The second kappa shape index (κ2) is 8.54. The minimum Gasteiger partial charge on any atom is -0.429 e. The molecule has 1 aromatic heterocycles. The average molecular weight is 293 g/mol. The summed E-state index contributed by atoms with van der Waals surface area (Å²) in [5.41, 5.74) is 0. The van der Waals surface area contributed by atoms with Crippen LogP contribution < -0.4 is 4.74 Å². The van der Waals surface area contributed by atoms with Crippen molar-refractivity contribution < 1.29 is 19.2 Å². The molecule has 0 atom stereocenters. The fraction of sp³-hybridized carbons (Fsp3) is 0.0769. The molecular formula is C13H11NO5S. The standard InChI is InChI=1S/C7H6O2.C6H5NO3S/c8-6-9-7-4-2-1-3-5-7;8-5(4-7(9)10)6-2-1-3-11-6/h1-6H;1-3H,4H2. The zero-order valence-corrected chi connectivity index (χ0v) is 11.1. The maximum absolute atomic E-state index is 10.9. The van der Waals surface area contributed by atoms with Gasteiger partial charge in [0.25, 0.3) is 13.0 Å². The molecule has 0 radical (unpaired) electrons.